The molecule has 0 amide bonds. The van der Waals surface area contributed by atoms with Crippen LogP contribution in [0, 0.1) is 0 Å². The third-order valence-electron chi connectivity index (χ3n) is 2.23. The average Bonchev–Trinajstić information content (AvgIpc) is 2.14. The molecule has 78 valence electrons. The molecule has 0 saturated heterocycles. The van der Waals surface area contributed by atoms with E-state index in [1.54, 1.807) is 0 Å². The first-order chi connectivity index (χ1) is 6.22. The maximum Gasteiger partial charge on any atom is 0.145 e. The van der Waals surface area contributed by atoms with Gasteiger partial charge in [0.2, 0.25) is 0 Å². The Hall–Kier alpha value is 0.0200. The van der Waals surface area contributed by atoms with Crippen molar-refractivity contribution in [3.05, 3.63) is 0 Å². The summed E-state index contributed by atoms with van der Waals surface area (Å²) in [6, 6.07) is 0. The van der Waals surface area contributed by atoms with Crippen LogP contribution in [0.2, 0.25) is 0 Å². The van der Waals surface area contributed by atoms with Crippen molar-refractivity contribution >= 4 is 18.4 Å². The number of rotatable bonds is 8. The highest BCUT2D eigenvalue weighted by molar-refractivity contribution is 7.81. The quantitative estimate of drug-likeness (QED) is 0.470. The largest absolute Gasteiger partial charge is 0.298 e. The lowest BCUT2D eigenvalue weighted by molar-refractivity contribution is -0.118. The number of unbranched alkanes of at least 4 members (excludes halogenated alkanes) is 3. The van der Waals surface area contributed by atoms with Gasteiger partial charge in [-0.15, -0.1) is 0 Å². The van der Waals surface area contributed by atoms with Gasteiger partial charge in [-0.25, -0.2) is 0 Å². The Bertz CT molecular complexity index is 134. The number of thiol groups is 1. The van der Waals surface area contributed by atoms with Crippen molar-refractivity contribution in [3.63, 3.8) is 0 Å². The molecule has 0 fully saturated rings. The van der Waals surface area contributed by atoms with Gasteiger partial charge in [0, 0.05) is 6.42 Å². The predicted molar refractivity (Wildman–Crippen MR) is 61.4 cm³/mol. The Balaban J connectivity index is 3.45. The number of hydrogen-bond acceptors (Lipinski definition) is 2. The van der Waals surface area contributed by atoms with Crippen LogP contribution in [-0.2, 0) is 4.79 Å². The number of carbonyl (C=O) groups is 1. The monoisotopic (exact) mass is 202 g/mol. The van der Waals surface area contributed by atoms with Crippen LogP contribution in [-0.4, -0.2) is 11.0 Å². The smallest absolute Gasteiger partial charge is 0.145 e. The van der Waals surface area contributed by atoms with Crippen LogP contribution in [0.4, 0.5) is 0 Å². The van der Waals surface area contributed by atoms with Gasteiger partial charge in [-0.05, 0) is 12.8 Å². The second-order valence-electron chi connectivity index (χ2n) is 3.58. The fraction of sp³-hybridized carbons (Fsp3) is 0.909. The third-order valence-corrected chi connectivity index (χ3v) is 2.78. The summed E-state index contributed by atoms with van der Waals surface area (Å²) in [4.78, 5) is 11.4. The van der Waals surface area contributed by atoms with E-state index in [9.17, 15) is 4.79 Å². The second kappa shape index (κ2) is 8.61. The lowest BCUT2D eigenvalue weighted by atomic mass is 10.1. The molecule has 0 aromatic rings. The third kappa shape index (κ3) is 7.12. The highest BCUT2D eigenvalue weighted by atomic mass is 32.1. The fourth-order valence-corrected chi connectivity index (χ4v) is 1.59. The maximum absolute atomic E-state index is 11.4. The number of Topliss-reactive ketones (excluding diaryl/α,β-unsaturated/α-hetero) is 1. The molecule has 0 aliphatic heterocycles. The zero-order chi connectivity index (χ0) is 10.1. The summed E-state index contributed by atoms with van der Waals surface area (Å²) in [6.45, 7) is 4.29. The van der Waals surface area contributed by atoms with Crippen molar-refractivity contribution in [2.75, 3.05) is 0 Å². The van der Waals surface area contributed by atoms with E-state index in [1.165, 1.54) is 12.8 Å². The first kappa shape index (κ1) is 13.0. The van der Waals surface area contributed by atoms with Crippen LogP contribution in [0.3, 0.4) is 0 Å². The van der Waals surface area contributed by atoms with Crippen LogP contribution in [0.25, 0.3) is 0 Å². The molecule has 0 aliphatic carbocycles. The highest BCUT2D eigenvalue weighted by Crippen LogP contribution is 2.12. The summed E-state index contributed by atoms with van der Waals surface area (Å²) in [7, 11) is 0. The topological polar surface area (TPSA) is 17.1 Å². The van der Waals surface area contributed by atoms with Crippen molar-refractivity contribution < 1.29 is 4.79 Å². The summed E-state index contributed by atoms with van der Waals surface area (Å²) in [5.74, 6) is 0.338. The minimum atomic E-state index is -0.00296. The first-order valence-corrected chi connectivity index (χ1v) is 5.94. The number of ketones is 1. The molecule has 0 saturated carbocycles. The van der Waals surface area contributed by atoms with Crippen molar-refractivity contribution in [1.29, 1.82) is 0 Å². The molecule has 1 unspecified atom stereocenters. The van der Waals surface area contributed by atoms with Crippen molar-refractivity contribution in [3.8, 4) is 0 Å². The zero-order valence-electron chi connectivity index (χ0n) is 8.88. The molecule has 1 nitrogen and oxygen atoms in total. The van der Waals surface area contributed by atoms with Gasteiger partial charge in [-0.2, -0.15) is 12.6 Å². The van der Waals surface area contributed by atoms with E-state index >= 15 is 0 Å². The standard InChI is InChI=1S/C11H22OS/c1-3-5-7-8-10(12)11(13)9-6-4-2/h11,13H,3-9H2,1-2H3. The Kier molecular flexibility index (Phi) is 8.62. The van der Waals surface area contributed by atoms with Crippen molar-refractivity contribution in [2.24, 2.45) is 0 Å². The lowest BCUT2D eigenvalue weighted by Crippen LogP contribution is -2.13. The summed E-state index contributed by atoms with van der Waals surface area (Å²) in [6.07, 6.45) is 7.33. The van der Waals surface area contributed by atoms with Gasteiger partial charge in [0.15, 0.2) is 0 Å². The molecular formula is C11H22OS. The van der Waals surface area contributed by atoms with Gasteiger partial charge in [0.1, 0.15) is 5.78 Å². The summed E-state index contributed by atoms with van der Waals surface area (Å²) in [5, 5.41) is -0.00296. The Morgan fingerprint density at radius 3 is 2.31 bits per heavy atom. The van der Waals surface area contributed by atoms with Gasteiger partial charge in [-0.1, -0.05) is 39.5 Å². The molecule has 0 spiro atoms. The molecule has 0 N–H and O–H groups in total. The van der Waals surface area contributed by atoms with Crippen LogP contribution >= 0.6 is 12.6 Å². The van der Waals surface area contributed by atoms with Gasteiger partial charge in [0.05, 0.1) is 5.25 Å². The first-order valence-electron chi connectivity index (χ1n) is 5.43. The predicted octanol–water partition coefficient (Wildman–Crippen LogP) is 3.62. The summed E-state index contributed by atoms with van der Waals surface area (Å²) >= 11 is 4.31. The van der Waals surface area contributed by atoms with E-state index < -0.39 is 0 Å². The fourth-order valence-electron chi connectivity index (χ4n) is 1.27. The van der Waals surface area contributed by atoms with Gasteiger partial charge >= 0.3 is 0 Å². The lowest BCUT2D eigenvalue weighted by Gasteiger charge is -2.07. The molecule has 1 atom stereocenters. The van der Waals surface area contributed by atoms with E-state index in [-0.39, 0.29) is 5.25 Å². The molecule has 0 aromatic heterocycles. The molecule has 0 aromatic carbocycles. The van der Waals surface area contributed by atoms with Crippen LogP contribution in [0.1, 0.15) is 58.8 Å². The Labute approximate surface area is 87.7 Å². The van der Waals surface area contributed by atoms with E-state index in [4.69, 9.17) is 0 Å². The molecule has 0 bridgehead atoms. The molecule has 0 heterocycles. The maximum atomic E-state index is 11.4. The zero-order valence-corrected chi connectivity index (χ0v) is 9.78. The highest BCUT2D eigenvalue weighted by Gasteiger charge is 2.11. The van der Waals surface area contributed by atoms with E-state index in [2.05, 4.69) is 26.5 Å². The molecule has 13 heavy (non-hydrogen) atoms. The average molecular weight is 202 g/mol. The van der Waals surface area contributed by atoms with Crippen molar-refractivity contribution in [1.82, 2.24) is 0 Å². The molecule has 0 radical (unpaired) electrons. The minimum Gasteiger partial charge on any atom is -0.298 e. The van der Waals surface area contributed by atoms with E-state index in [0.717, 1.165) is 32.1 Å². The Morgan fingerprint density at radius 2 is 1.77 bits per heavy atom. The SMILES string of the molecule is CCCCCC(=O)C(S)CCCC. The Morgan fingerprint density at radius 1 is 1.15 bits per heavy atom. The molecule has 0 aliphatic rings. The number of carbonyl (C=O) groups excluding carboxylic acids is 1. The minimum absolute atomic E-state index is 0.00296. The van der Waals surface area contributed by atoms with Crippen LogP contribution in [0.5, 0.6) is 0 Å². The molecular weight excluding hydrogens is 180 g/mol. The van der Waals surface area contributed by atoms with Crippen LogP contribution < -0.4 is 0 Å². The van der Waals surface area contributed by atoms with Gasteiger partial charge in [0.25, 0.3) is 0 Å². The van der Waals surface area contributed by atoms with E-state index in [1.807, 2.05) is 0 Å². The van der Waals surface area contributed by atoms with Crippen molar-refractivity contribution in [2.45, 2.75) is 64.0 Å². The molecule has 2 heteroatoms. The van der Waals surface area contributed by atoms with Gasteiger partial charge < -0.3 is 0 Å². The summed E-state index contributed by atoms with van der Waals surface area (Å²) < 4.78 is 0. The van der Waals surface area contributed by atoms with Crippen LogP contribution in [0.15, 0.2) is 0 Å². The van der Waals surface area contributed by atoms with E-state index in [0.29, 0.717) is 5.78 Å². The molecule has 0 rings (SSSR count). The second-order valence-corrected chi connectivity index (χ2v) is 4.20. The number of hydrogen-bond donors (Lipinski definition) is 1. The van der Waals surface area contributed by atoms with Gasteiger partial charge in [-0.3, -0.25) is 4.79 Å². The summed E-state index contributed by atoms with van der Waals surface area (Å²) in [5.41, 5.74) is 0. The normalized spacial score (nSPS) is 12.8.